The second-order valence-electron chi connectivity index (χ2n) is 7.13. The topological polar surface area (TPSA) is 52.6 Å². The number of carbonyl (C=O) groups excluding carboxylic acids is 2. The summed E-state index contributed by atoms with van der Waals surface area (Å²) in [6.45, 7) is 6.10. The Hall–Kier alpha value is -1.84. The molecule has 0 spiro atoms. The van der Waals surface area contributed by atoms with Crippen LogP contribution in [0.15, 0.2) is 30.3 Å². The normalized spacial score (nSPS) is 20.0. The maximum Gasteiger partial charge on any atom is 0.338 e. The van der Waals surface area contributed by atoms with Crippen molar-refractivity contribution in [1.29, 1.82) is 0 Å². The average Bonchev–Trinajstić information content (AvgIpc) is 3.25. The minimum Gasteiger partial charge on any atom is -0.462 e. The van der Waals surface area contributed by atoms with Crippen molar-refractivity contribution in [2.24, 2.45) is 11.8 Å². The molecule has 0 radical (unpaired) electrons. The zero-order valence-electron chi connectivity index (χ0n) is 14.2. The highest BCUT2D eigenvalue weighted by molar-refractivity contribution is 5.89. The number of hydrogen-bond acceptors (Lipinski definition) is 4. The van der Waals surface area contributed by atoms with Crippen molar-refractivity contribution >= 4 is 11.9 Å². The molecule has 0 heterocycles. The molecule has 126 valence electrons. The Morgan fingerprint density at radius 1 is 1.13 bits per heavy atom. The van der Waals surface area contributed by atoms with E-state index in [0.717, 1.165) is 25.7 Å². The van der Waals surface area contributed by atoms with E-state index in [1.165, 1.54) is 0 Å². The van der Waals surface area contributed by atoms with Gasteiger partial charge < -0.3 is 9.47 Å². The Balaban J connectivity index is 1.55. The molecule has 4 heteroatoms. The van der Waals surface area contributed by atoms with Crippen molar-refractivity contribution in [2.45, 2.75) is 52.1 Å². The van der Waals surface area contributed by atoms with Crippen molar-refractivity contribution in [3.8, 4) is 0 Å². The maximum absolute atomic E-state index is 11.9. The summed E-state index contributed by atoms with van der Waals surface area (Å²) in [5.41, 5.74) is 0.176. The van der Waals surface area contributed by atoms with Gasteiger partial charge in [0.1, 0.15) is 5.60 Å². The molecule has 1 aromatic rings. The summed E-state index contributed by atoms with van der Waals surface area (Å²) >= 11 is 0. The summed E-state index contributed by atoms with van der Waals surface area (Å²) in [5, 5.41) is 0. The lowest BCUT2D eigenvalue weighted by Gasteiger charge is -2.19. The van der Waals surface area contributed by atoms with Gasteiger partial charge in [0.25, 0.3) is 0 Å². The molecule has 0 saturated heterocycles. The Morgan fingerprint density at radius 2 is 1.83 bits per heavy atom. The zero-order valence-corrected chi connectivity index (χ0v) is 14.2. The van der Waals surface area contributed by atoms with Gasteiger partial charge in [-0.3, -0.25) is 4.79 Å². The summed E-state index contributed by atoms with van der Waals surface area (Å²) in [6, 6.07) is 9.00. The molecule has 1 fully saturated rings. The molecule has 4 nitrogen and oxygen atoms in total. The van der Waals surface area contributed by atoms with Gasteiger partial charge in [-0.2, -0.15) is 0 Å². The summed E-state index contributed by atoms with van der Waals surface area (Å²) in [4.78, 5) is 23.6. The van der Waals surface area contributed by atoms with Crippen LogP contribution in [0.4, 0.5) is 0 Å². The highest BCUT2D eigenvalue weighted by Gasteiger charge is 2.44. The highest BCUT2D eigenvalue weighted by Crippen LogP contribution is 2.43. The standard InChI is InChI=1S/C19H26O4/c1-19(2,3)23-18(21)16-13-15(16)11-7-8-12-22-17(20)14-9-5-4-6-10-14/h4-6,9-10,15-16H,7-8,11-13H2,1-3H3/t15-,16-/m1/s1. The third-order valence-corrected chi connectivity index (χ3v) is 3.84. The monoisotopic (exact) mass is 318 g/mol. The SMILES string of the molecule is CC(C)(C)OC(=O)[C@@H]1C[C@H]1CCCCOC(=O)c1ccccc1. The lowest BCUT2D eigenvalue weighted by Crippen LogP contribution is -2.25. The predicted octanol–water partition coefficient (Wildman–Crippen LogP) is 3.99. The first-order valence-corrected chi connectivity index (χ1v) is 8.32. The Bertz CT molecular complexity index is 530. The second kappa shape index (κ2) is 7.62. The van der Waals surface area contributed by atoms with Crippen LogP contribution in [0.1, 0.15) is 56.8 Å². The fourth-order valence-corrected chi connectivity index (χ4v) is 2.56. The molecule has 1 aromatic carbocycles. The Kier molecular flexibility index (Phi) is 5.80. The summed E-state index contributed by atoms with van der Waals surface area (Å²) < 4.78 is 10.6. The van der Waals surface area contributed by atoms with E-state index < -0.39 is 5.60 Å². The van der Waals surface area contributed by atoms with Gasteiger partial charge in [-0.1, -0.05) is 18.2 Å². The molecule has 0 aliphatic heterocycles. The van der Waals surface area contributed by atoms with Crippen LogP contribution in [0.3, 0.4) is 0 Å². The van der Waals surface area contributed by atoms with Crippen LogP contribution in [-0.4, -0.2) is 24.1 Å². The van der Waals surface area contributed by atoms with Gasteiger partial charge in [-0.15, -0.1) is 0 Å². The van der Waals surface area contributed by atoms with Crippen molar-refractivity contribution in [2.75, 3.05) is 6.61 Å². The Labute approximate surface area is 138 Å². The number of ether oxygens (including phenoxy) is 2. The molecule has 0 bridgehead atoms. The minimum atomic E-state index is -0.407. The molecular weight excluding hydrogens is 292 g/mol. The fraction of sp³-hybridized carbons (Fsp3) is 0.579. The van der Waals surface area contributed by atoms with E-state index in [-0.39, 0.29) is 17.9 Å². The predicted molar refractivity (Wildman–Crippen MR) is 88.0 cm³/mol. The van der Waals surface area contributed by atoms with Gasteiger partial charge >= 0.3 is 11.9 Å². The molecule has 23 heavy (non-hydrogen) atoms. The summed E-state index contributed by atoms with van der Waals surface area (Å²) in [6.07, 6.45) is 3.72. The van der Waals surface area contributed by atoms with Gasteiger partial charge in [0.15, 0.2) is 0 Å². The fourth-order valence-electron chi connectivity index (χ4n) is 2.56. The third-order valence-electron chi connectivity index (χ3n) is 3.84. The van der Waals surface area contributed by atoms with E-state index in [0.29, 0.717) is 18.1 Å². The van der Waals surface area contributed by atoms with E-state index in [9.17, 15) is 9.59 Å². The van der Waals surface area contributed by atoms with Crippen LogP contribution in [-0.2, 0) is 14.3 Å². The van der Waals surface area contributed by atoms with Crippen LogP contribution >= 0.6 is 0 Å². The molecule has 1 aliphatic rings. The molecule has 2 rings (SSSR count). The average molecular weight is 318 g/mol. The molecular formula is C19H26O4. The number of hydrogen-bond donors (Lipinski definition) is 0. The zero-order chi connectivity index (χ0) is 16.9. The van der Waals surface area contributed by atoms with Gasteiger partial charge in [0, 0.05) is 0 Å². The van der Waals surface area contributed by atoms with Gasteiger partial charge in [-0.05, 0) is 64.5 Å². The van der Waals surface area contributed by atoms with E-state index >= 15 is 0 Å². The number of rotatable bonds is 7. The third kappa shape index (κ3) is 6.05. The van der Waals surface area contributed by atoms with Crippen LogP contribution in [0.2, 0.25) is 0 Å². The van der Waals surface area contributed by atoms with Crippen LogP contribution in [0, 0.1) is 11.8 Å². The number of unbranched alkanes of at least 4 members (excludes halogenated alkanes) is 1. The quantitative estimate of drug-likeness (QED) is 0.563. The molecule has 0 unspecified atom stereocenters. The molecule has 0 aromatic heterocycles. The van der Waals surface area contributed by atoms with E-state index in [2.05, 4.69) is 0 Å². The first-order valence-electron chi connectivity index (χ1n) is 8.32. The molecule has 1 aliphatic carbocycles. The largest absolute Gasteiger partial charge is 0.462 e. The first-order chi connectivity index (χ1) is 10.9. The molecule has 0 amide bonds. The maximum atomic E-state index is 11.9. The summed E-state index contributed by atoms with van der Waals surface area (Å²) in [5.74, 6) is 0.164. The minimum absolute atomic E-state index is 0.0705. The lowest BCUT2D eigenvalue weighted by molar-refractivity contribution is -0.156. The van der Waals surface area contributed by atoms with Gasteiger partial charge in [0.2, 0.25) is 0 Å². The van der Waals surface area contributed by atoms with Crippen LogP contribution in [0.5, 0.6) is 0 Å². The van der Waals surface area contributed by atoms with Gasteiger partial charge in [-0.25, -0.2) is 4.79 Å². The smallest absolute Gasteiger partial charge is 0.338 e. The van der Waals surface area contributed by atoms with Gasteiger partial charge in [0.05, 0.1) is 18.1 Å². The van der Waals surface area contributed by atoms with Crippen LogP contribution < -0.4 is 0 Å². The van der Waals surface area contributed by atoms with E-state index in [1.807, 2.05) is 39.0 Å². The number of benzene rings is 1. The number of carbonyl (C=O) groups is 2. The van der Waals surface area contributed by atoms with Crippen molar-refractivity contribution < 1.29 is 19.1 Å². The van der Waals surface area contributed by atoms with E-state index in [4.69, 9.17) is 9.47 Å². The first kappa shape index (κ1) is 17.5. The Morgan fingerprint density at radius 3 is 2.48 bits per heavy atom. The summed E-state index contributed by atoms with van der Waals surface area (Å²) in [7, 11) is 0. The molecule has 1 saturated carbocycles. The van der Waals surface area contributed by atoms with Crippen molar-refractivity contribution in [3.63, 3.8) is 0 Å². The van der Waals surface area contributed by atoms with Crippen molar-refractivity contribution in [1.82, 2.24) is 0 Å². The highest BCUT2D eigenvalue weighted by atomic mass is 16.6. The number of esters is 2. The van der Waals surface area contributed by atoms with Crippen molar-refractivity contribution in [3.05, 3.63) is 35.9 Å². The van der Waals surface area contributed by atoms with Crippen LogP contribution in [0.25, 0.3) is 0 Å². The molecule has 0 N–H and O–H groups in total. The second-order valence-corrected chi connectivity index (χ2v) is 7.13. The lowest BCUT2D eigenvalue weighted by atomic mass is 10.1. The van der Waals surface area contributed by atoms with E-state index in [1.54, 1.807) is 12.1 Å². The molecule has 2 atom stereocenters.